The number of nitrogens with one attached hydrogen (secondary N) is 1. The Kier molecular flexibility index (Phi) is 6.21. The average Bonchev–Trinajstić information content (AvgIpc) is 3.11. The number of fused-ring (bicyclic) bond motifs is 1. The lowest BCUT2D eigenvalue weighted by Crippen LogP contribution is -2.20. The number of unbranched alkanes of at least 4 members (excludes halogenated alkanes) is 1. The van der Waals surface area contributed by atoms with Crippen LogP contribution in [0.25, 0.3) is 10.9 Å². The van der Waals surface area contributed by atoms with Crippen molar-refractivity contribution < 1.29 is 9.53 Å². The lowest BCUT2D eigenvalue weighted by atomic mass is 10.2. The third kappa shape index (κ3) is 4.85. The van der Waals surface area contributed by atoms with Crippen molar-refractivity contribution in [1.29, 1.82) is 0 Å². The molecule has 1 heterocycles. The van der Waals surface area contributed by atoms with Crippen LogP contribution in [0.4, 0.5) is 16.2 Å². The van der Waals surface area contributed by atoms with E-state index < -0.39 is 0 Å². The van der Waals surface area contributed by atoms with Crippen LogP contribution in [0.5, 0.6) is 5.75 Å². The summed E-state index contributed by atoms with van der Waals surface area (Å²) in [7, 11) is 3.60. The van der Waals surface area contributed by atoms with Gasteiger partial charge in [0.25, 0.3) is 0 Å². The summed E-state index contributed by atoms with van der Waals surface area (Å²) >= 11 is 0. The number of anilines is 1. The summed E-state index contributed by atoms with van der Waals surface area (Å²) in [6.45, 7) is 2.81. The molecule has 0 radical (unpaired) electrons. The molecule has 8 nitrogen and oxygen atoms in total. The molecule has 0 aliphatic heterocycles. The highest BCUT2D eigenvalue weighted by atomic mass is 16.5. The van der Waals surface area contributed by atoms with Gasteiger partial charge in [-0.2, -0.15) is 9.78 Å². The second-order valence-electron chi connectivity index (χ2n) is 6.49. The van der Waals surface area contributed by atoms with Crippen LogP contribution in [0.1, 0.15) is 19.8 Å². The second-order valence-corrected chi connectivity index (χ2v) is 6.49. The van der Waals surface area contributed by atoms with E-state index in [2.05, 4.69) is 27.7 Å². The zero-order valence-electron chi connectivity index (χ0n) is 16.3. The number of hydrogen-bond acceptors (Lipinski definition) is 5. The van der Waals surface area contributed by atoms with Gasteiger partial charge < -0.3 is 10.1 Å². The molecule has 0 spiro atoms. The summed E-state index contributed by atoms with van der Waals surface area (Å²) in [6.07, 6.45) is 3.74. The number of ether oxygens (including phenoxy) is 1. The van der Waals surface area contributed by atoms with Gasteiger partial charge in [-0.1, -0.05) is 18.6 Å². The first-order valence-electron chi connectivity index (χ1n) is 9.18. The van der Waals surface area contributed by atoms with Gasteiger partial charge in [-0.3, -0.25) is 5.01 Å². The monoisotopic (exact) mass is 380 g/mol. The Morgan fingerprint density at radius 2 is 2.00 bits per heavy atom. The van der Waals surface area contributed by atoms with Gasteiger partial charge in [-0.25, -0.2) is 4.79 Å². The zero-order valence-corrected chi connectivity index (χ0v) is 16.3. The molecule has 0 aliphatic rings. The predicted molar refractivity (Wildman–Crippen MR) is 109 cm³/mol. The molecule has 3 aromatic rings. The molecule has 0 saturated heterocycles. The quantitative estimate of drug-likeness (QED) is 0.360. The van der Waals surface area contributed by atoms with Crippen molar-refractivity contribution >= 4 is 28.3 Å². The maximum atomic E-state index is 12.6. The lowest BCUT2D eigenvalue weighted by Gasteiger charge is -2.08. The highest BCUT2D eigenvalue weighted by Gasteiger charge is 2.11. The SMILES string of the molecule is CCCCOc1ccc(NC(=O)n2ncc3cc(N=NN(C)C)ccc32)cc1. The Bertz CT molecular complexity index is 962. The molecule has 1 N–H and O–H groups in total. The van der Waals surface area contributed by atoms with Gasteiger partial charge in [0.15, 0.2) is 0 Å². The van der Waals surface area contributed by atoms with Crippen molar-refractivity contribution in [2.75, 3.05) is 26.0 Å². The van der Waals surface area contributed by atoms with Crippen LogP contribution < -0.4 is 10.1 Å². The van der Waals surface area contributed by atoms with E-state index >= 15 is 0 Å². The number of aromatic nitrogens is 2. The molecule has 0 bridgehead atoms. The normalized spacial score (nSPS) is 11.1. The van der Waals surface area contributed by atoms with E-state index in [0.717, 1.165) is 24.0 Å². The molecule has 0 aliphatic carbocycles. The molecule has 2 aromatic carbocycles. The minimum atomic E-state index is -0.336. The highest BCUT2D eigenvalue weighted by Crippen LogP contribution is 2.22. The van der Waals surface area contributed by atoms with E-state index in [9.17, 15) is 4.79 Å². The molecule has 0 unspecified atom stereocenters. The molecule has 1 amide bonds. The number of hydrogen-bond donors (Lipinski definition) is 1. The van der Waals surface area contributed by atoms with Crippen LogP contribution in [0.3, 0.4) is 0 Å². The second kappa shape index (κ2) is 8.98. The minimum absolute atomic E-state index is 0.336. The Morgan fingerprint density at radius 3 is 2.71 bits per heavy atom. The molecule has 1 aromatic heterocycles. The summed E-state index contributed by atoms with van der Waals surface area (Å²) in [5.41, 5.74) is 2.06. The van der Waals surface area contributed by atoms with Crippen molar-refractivity contribution in [3.05, 3.63) is 48.7 Å². The summed E-state index contributed by atoms with van der Waals surface area (Å²) in [5.74, 6) is 0.787. The summed E-state index contributed by atoms with van der Waals surface area (Å²) in [5, 5.41) is 17.5. The Balaban J connectivity index is 1.69. The van der Waals surface area contributed by atoms with Crippen molar-refractivity contribution in [2.45, 2.75) is 19.8 Å². The van der Waals surface area contributed by atoms with Crippen molar-refractivity contribution in [3.8, 4) is 5.75 Å². The smallest absolute Gasteiger partial charge is 0.347 e. The molecular weight excluding hydrogens is 356 g/mol. The van der Waals surface area contributed by atoms with Crippen LogP contribution in [0, 0.1) is 0 Å². The first-order chi connectivity index (χ1) is 13.6. The van der Waals surface area contributed by atoms with Crippen molar-refractivity contribution in [3.63, 3.8) is 0 Å². The maximum absolute atomic E-state index is 12.6. The molecule has 146 valence electrons. The predicted octanol–water partition coefficient (Wildman–Crippen LogP) is 4.86. The number of rotatable bonds is 7. The number of carbonyl (C=O) groups excluding carboxylic acids is 1. The van der Waals surface area contributed by atoms with E-state index in [1.807, 2.05) is 30.3 Å². The topological polar surface area (TPSA) is 84.1 Å². The first kappa shape index (κ1) is 19.3. The van der Waals surface area contributed by atoms with Gasteiger partial charge in [0.1, 0.15) is 5.75 Å². The Labute approximate surface area is 163 Å². The number of benzene rings is 2. The molecule has 0 atom stereocenters. The van der Waals surface area contributed by atoms with E-state index in [1.165, 1.54) is 4.68 Å². The fourth-order valence-corrected chi connectivity index (χ4v) is 2.53. The van der Waals surface area contributed by atoms with Gasteiger partial charge in [-0.05, 0) is 48.9 Å². The highest BCUT2D eigenvalue weighted by molar-refractivity contribution is 5.97. The van der Waals surface area contributed by atoms with E-state index in [1.54, 1.807) is 37.4 Å². The van der Waals surface area contributed by atoms with Crippen molar-refractivity contribution in [2.24, 2.45) is 10.3 Å². The third-order valence-electron chi connectivity index (χ3n) is 3.96. The standard InChI is InChI=1S/C20H24N6O2/c1-4-5-12-28-18-9-6-16(7-10-18)22-20(27)26-19-11-8-17(23-24-25(2)3)13-15(19)14-21-26/h6-11,13-14H,4-5,12H2,1-3H3,(H,22,27). The number of carbonyl (C=O) groups is 1. The van der Waals surface area contributed by atoms with E-state index in [4.69, 9.17) is 4.74 Å². The zero-order chi connectivity index (χ0) is 19.9. The Morgan fingerprint density at radius 1 is 1.21 bits per heavy atom. The lowest BCUT2D eigenvalue weighted by molar-refractivity contribution is 0.252. The van der Waals surface area contributed by atoms with Gasteiger partial charge in [0.2, 0.25) is 0 Å². The molecule has 0 saturated carbocycles. The van der Waals surface area contributed by atoms with Crippen LogP contribution >= 0.6 is 0 Å². The average molecular weight is 380 g/mol. The summed E-state index contributed by atoms with van der Waals surface area (Å²) < 4.78 is 6.96. The number of amides is 1. The van der Waals surface area contributed by atoms with Crippen LogP contribution in [0.2, 0.25) is 0 Å². The van der Waals surface area contributed by atoms with Gasteiger partial charge in [0, 0.05) is 25.2 Å². The summed E-state index contributed by atoms with van der Waals surface area (Å²) in [4.78, 5) is 12.6. The van der Waals surface area contributed by atoms with E-state index in [-0.39, 0.29) is 6.03 Å². The fourth-order valence-electron chi connectivity index (χ4n) is 2.53. The Hall–Kier alpha value is -3.42. The fraction of sp³-hybridized carbons (Fsp3) is 0.300. The van der Waals surface area contributed by atoms with Gasteiger partial charge >= 0.3 is 6.03 Å². The maximum Gasteiger partial charge on any atom is 0.347 e. The molecule has 3 rings (SSSR count). The molecule has 8 heteroatoms. The van der Waals surface area contributed by atoms with Crippen LogP contribution in [0.15, 0.2) is 59.0 Å². The largest absolute Gasteiger partial charge is 0.494 e. The van der Waals surface area contributed by atoms with E-state index in [0.29, 0.717) is 23.5 Å². The molecule has 28 heavy (non-hydrogen) atoms. The van der Waals surface area contributed by atoms with Crippen LogP contribution in [-0.4, -0.2) is 41.5 Å². The first-order valence-corrected chi connectivity index (χ1v) is 9.18. The molecular formula is C20H24N6O2. The van der Waals surface area contributed by atoms with Gasteiger partial charge in [-0.15, -0.1) is 5.11 Å². The van der Waals surface area contributed by atoms with Crippen LogP contribution in [-0.2, 0) is 0 Å². The summed E-state index contributed by atoms with van der Waals surface area (Å²) in [6, 6.07) is 12.4. The molecule has 0 fully saturated rings. The minimum Gasteiger partial charge on any atom is -0.494 e. The van der Waals surface area contributed by atoms with Crippen molar-refractivity contribution in [1.82, 2.24) is 14.8 Å². The van der Waals surface area contributed by atoms with Gasteiger partial charge in [0.05, 0.1) is 24.0 Å². The number of nitrogens with zero attached hydrogens (tertiary/aromatic N) is 5. The third-order valence-corrected chi connectivity index (χ3v) is 3.96.